The van der Waals surface area contributed by atoms with Crippen molar-refractivity contribution in [2.24, 2.45) is 7.05 Å². The molecule has 2 rings (SSSR count). The predicted octanol–water partition coefficient (Wildman–Crippen LogP) is 2.67. The number of amides is 1. The molecule has 0 saturated carbocycles. The highest BCUT2D eigenvalue weighted by Gasteiger charge is 2.13. The maximum atomic E-state index is 12.2. The van der Waals surface area contributed by atoms with Crippen LogP contribution in [0.15, 0.2) is 24.3 Å². The van der Waals surface area contributed by atoms with Gasteiger partial charge in [-0.25, -0.2) is 0 Å². The van der Waals surface area contributed by atoms with Crippen molar-refractivity contribution in [1.82, 2.24) is 14.7 Å². The molecule has 0 spiro atoms. The summed E-state index contributed by atoms with van der Waals surface area (Å²) in [7, 11) is 3.89. The van der Waals surface area contributed by atoms with Crippen molar-refractivity contribution in [2.45, 2.75) is 33.7 Å². The molecule has 0 radical (unpaired) electrons. The number of aromatic nitrogens is 2. The van der Waals surface area contributed by atoms with E-state index in [2.05, 4.69) is 24.3 Å². The highest BCUT2D eigenvalue weighted by atomic mass is 16.2. The zero-order valence-electron chi connectivity index (χ0n) is 14.7. The van der Waals surface area contributed by atoms with E-state index in [1.54, 1.807) is 0 Å². The molecule has 1 amide bonds. The Morgan fingerprint density at radius 2 is 1.91 bits per heavy atom. The third kappa shape index (κ3) is 4.42. The van der Waals surface area contributed by atoms with Gasteiger partial charge in [-0.1, -0.05) is 19.1 Å². The lowest BCUT2D eigenvalue weighted by Crippen LogP contribution is -2.30. The first-order valence-corrected chi connectivity index (χ1v) is 7.97. The lowest BCUT2D eigenvalue weighted by molar-refractivity contribution is -0.117. The number of anilines is 1. The second-order valence-electron chi connectivity index (χ2n) is 6.04. The molecule has 0 unspecified atom stereocenters. The number of nitrogens with zero attached hydrogens (tertiary/aromatic N) is 3. The molecule has 1 aromatic carbocycles. The molecule has 124 valence electrons. The normalized spacial score (nSPS) is 11.0. The van der Waals surface area contributed by atoms with Crippen molar-refractivity contribution >= 4 is 11.6 Å². The van der Waals surface area contributed by atoms with Crippen molar-refractivity contribution < 1.29 is 4.79 Å². The van der Waals surface area contributed by atoms with Gasteiger partial charge in [-0.15, -0.1) is 0 Å². The van der Waals surface area contributed by atoms with E-state index >= 15 is 0 Å². The molecule has 2 aromatic rings. The average Bonchev–Trinajstić information content (AvgIpc) is 2.74. The molecule has 5 nitrogen and oxygen atoms in total. The highest BCUT2D eigenvalue weighted by molar-refractivity contribution is 5.92. The molecule has 0 aliphatic heterocycles. The fourth-order valence-electron chi connectivity index (χ4n) is 2.64. The van der Waals surface area contributed by atoms with Gasteiger partial charge in [0.1, 0.15) is 0 Å². The minimum atomic E-state index is -0.00375. The number of carbonyl (C=O) groups excluding carboxylic acids is 1. The Bertz CT molecular complexity index is 673. The van der Waals surface area contributed by atoms with Crippen LogP contribution in [0.25, 0.3) is 0 Å². The second kappa shape index (κ2) is 7.42. The number of carbonyl (C=O) groups is 1. The number of hydrogen-bond donors (Lipinski definition) is 1. The smallest absolute Gasteiger partial charge is 0.238 e. The van der Waals surface area contributed by atoms with E-state index in [0.29, 0.717) is 13.1 Å². The maximum Gasteiger partial charge on any atom is 0.238 e. The summed E-state index contributed by atoms with van der Waals surface area (Å²) in [6.07, 6.45) is 1.00. The fourth-order valence-corrected chi connectivity index (χ4v) is 2.64. The summed E-state index contributed by atoms with van der Waals surface area (Å²) in [4.78, 5) is 14.2. The first-order chi connectivity index (χ1) is 10.9. The van der Waals surface area contributed by atoms with Crippen LogP contribution in [0.2, 0.25) is 0 Å². The van der Waals surface area contributed by atoms with Crippen molar-refractivity contribution in [1.29, 1.82) is 0 Å². The topological polar surface area (TPSA) is 50.2 Å². The third-order valence-electron chi connectivity index (χ3n) is 4.15. The molecular formula is C18H26N4O. The molecule has 0 fully saturated rings. The zero-order valence-corrected chi connectivity index (χ0v) is 14.7. The molecule has 23 heavy (non-hydrogen) atoms. The quantitative estimate of drug-likeness (QED) is 0.892. The van der Waals surface area contributed by atoms with E-state index in [1.807, 2.05) is 54.9 Å². The van der Waals surface area contributed by atoms with Crippen LogP contribution in [0.3, 0.4) is 0 Å². The molecule has 1 aromatic heterocycles. The van der Waals surface area contributed by atoms with Crippen LogP contribution in [0.4, 0.5) is 5.69 Å². The minimum Gasteiger partial charge on any atom is -0.325 e. The van der Waals surface area contributed by atoms with Crippen molar-refractivity contribution in [3.05, 3.63) is 46.8 Å². The number of aryl methyl sites for hydroxylation is 3. The van der Waals surface area contributed by atoms with Crippen LogP contribution in [0, 0.1) is 13.8 Å². The lowest BCUT2D eigenvalue weighted by Gasteiger charge is -2.16. The van der Waals surface area contributed by atoms with Crippen molar-refractivity contribution in [3.63, 3.8) is 0 Å². The van der Waals surface area contributed by atoms with E-state index in [4.69, 9.17) is 0 Å². The molecule has 0 aliphatic rings. The first-order valence-electron chi connectivity index (χ1n) is 7.97. The number of likely N-dealkylation sites (N-methyl/N-ethyl adjacent to an activating group) is 1. The minimum absolute atomic E-state index is 0.00375. The van der Waals surface area contributed by atoms with E-state index in [1.165, 1.54) is 11.1 Å². The number of rotatable bonds is 6. The van der Waals surface area contributed by atoms with Crippen LogP contribution in [0.1, 0.15) is 29.4 Å². The summed E-state index contributed by atoms with van der Waals surface area (Å²) < 4.78 is 1.88. The summed E-state index contributed by atoms with van der Waals surface area (Å²) in [5.41, 5.74) is 5.46. The van der Waals surface area contributed by atoms with Gasteiger partial charge in [0, 0.05) is 30.5 Å². The number of benzene rings is 1. The molecular weight excluding hydrogens is 288 g/mol. The second-order valence-corrected chi connectivity index (χ2v) is 6.04. The Morgan fingerprint density at radius 1 is 1.26 bits per heavy atom. The monoisotopic (exact) mass is 314 g/mol. The Hall–Kier alpha value is -2.14. The first kappa shape index (κ1) is 17.2. The van der Waals surface area contributed by atoms with Crippen LogP contribution in [-0.2, 0) is 24.8 Å². The maximum absolute atomic E-state index is 12.2. The SMILES string of the molecule is CCc1ccc(NC(=O)CN(C)Cc2c(C)nn(C)c2C)cc1. The Morgan fingerprint density at radius 3 is 2.43 bits per heavy atom. The predicted molar refractivity (Wildman–Crippen MR) is 93.5 cm³/mol. The van der Waals surface area contributed by atoms with Crippen molar-refractivity contribution in [2.75, 3.05) is 18.9 Å². The molecule has 5 heteroatoms. The van der Waals surface area contributed by atoms with Gasteiger partial charge >= 0.3 is 0 Å². The Balaban J connectivity index is 1.91. The van der Waals surface area contributed by atoms with Gasteiger partial charge in [0.15, 0.2) is 0 Å². The Kier molecular flexibility index (Phi) is 5.55. The fraction of sp³-hybridized carbons (Fsp3) is 0.444. The van der Waals surface area contributed by atoms with Gasteiger partial charge < -0.3 is 5.32 Å². The average molecular weight is 314 g/mol. The highest BCUT2D eigenvalue weighted by Crippen LogP contribution is 2.14. The summed E-state index contributed by atoms with van der Waals surface area (Å²) in [5.74, 6) is -0.00375. The molecule has 0 saturated heterocycles. The van der Waals surface area contributed by atoms with Gasteiger partial charge in [-0.2, -0.15) is 5.10 Å². The van der Waals surface area contributed by atoms with Gasteiger partial charge in [-0.3, -0.25) is 14.4 Å². The van der Waals surface area contributed by atoms with Crippen molar-refractivity contribution in [3.8, 4) is 0 Å². The van der Waals surface area contributed by atoms with Crippen LogP contribution in [0.5, 0.6) is 0 Å². The summed E-state index contributed by atoms with van der Waals surface area (Å²) in [5, 5.41) is 7.36. The zero-order chi connectivity index (χ0) is 17.0. The molecule has 0 atom stereocenters. The molecule has 0 aliphatic carbocycles. The van der Waals surface area contributed by atoms with Gasteiger partial charge in [0.05, 0.1) is 12.2 Å². The summed E-state index contributed by atoms with van der Waals surface area (Å²) in [6, 6.07) is 7.99. The van der Waals surface area contributed by atoms with E-state index in [-0.39, 0.29) is 5.91 Å². The third-order valence-corrected chi connectivity index (χ3v) is 4.15. The molecule has 1 heterocycles. The largest absolute Gasteiger partial charge is 0.325 e. The summed E-state index contributed by atoms with van der Waals surface area (Å²) in [6.45, 7) is 7.24. The lowest BCUT2D eigenvalue weighted by atomic mass is 10.1. The standard InChI is InChI=1S/C18H26N4O/c1-6-15-7-9-16(10-8-15)19-18(23)12-21(4)11-17-13(2)20-22(5)14(17)3/h7-10H,6,11-12H2,1-5H3,(H,19,23). The molecule has 0 bridgehead atoms. The number of nitrogens with one attached hydrogen (secondary N) is 1. The Labute approximate surface area is 138 Å². The van der Waals surface area contributed by atoms with Crippen LogP contribution >= 0.6 is 0 Å². The van der Waals surface area contributed by atoms with Crippen LogP contribution in [-0.4, -0.2) is 34.2 Å². The van der Waals surface area contributed by atoms with E-state index < -0.39 is 0 Å². The van der Waals surface area contributed by atoms with Gasteiger partial charge in [0.25, 0.3) is 0 Å². The van der Waals surface area contributed by atoms with Gasteiger partial charge in [-0.05, 0) is 45.0 Å². The van der Waals surface area contributed by atoms with E-state index in [0.717, 1.165) is 23.5 Å². The van der Waals surface area contributed by atoms with Gasteiger partial charge in [0.2, 0.25) is 5.91 Å². The van der Waals surface area contributed by atoms with Crippen LogP contribution < -0.4 is 5.32 Å². The summed E-state index contributed by atoms with van der Waals surface area (Å²) >= 11 is 0. The molecule has 1 N–H and O–H groups in total. The number of hydrogen-bond acceptors (Lipinski definition) is 3. The van der Waals surface area contributed by atoms with E-state index in [9.17, 15) is 4.79 Å².